The van der Waals surface area contributed by atoms with Crippen LogP contribution < -0.4 is 5.32 Å². The third-order valence-corrected chi connectivity index (χ3v) is 5.47. The van der Waals surface area contributed by atoms with E-state index in [1.165, 1.54) is 10.5 Å². The molecule has 1 aromatic carbocycles. The zero-order valence-corrected chi connectivity index (χ0v) is 17.1. The number of nitrogens with one attached hydrogen (secondary N) is 1. The van der Waals surface area contributed by atoms with E-state index < -0.39 is 11.8 Å². The predicted octanol–water partition coefficient (Wildman–Crippen LogP) is 1.53. The second kappa shape index (κ2) is 8.69. The number of benzene rings is 1. The SMILES string of the molecule is Cc1ccc(-c2cnc(CCC(=O)N3CCN(C(=O)C(=O)NC4CC4)CC3)o2)cc1. The molecule has 1 saturated heterocycles. The van der Waals surface area contributed by atoms with Gasteiger partial charge >= 0.3 is 11.8 Å². The molecule has 1 saturated carbocycles. The fourth-order valence-electron chi connectivity index (χ4n) is 3.43. The maximum absolute atomic E-state index is 12.5. The standard InChI is InChI=1S/C22H26N4O4/c1-15-2-4-16(5-3-15)18-14-23-19(30-18)8-9-20(27)25-10-12-26(13-11-25)22(29)21(28)24-17-6-7-17/h2-5,14,17H,6-13H2,1H3,(H,24,28). The second-order valence-electron chi connectivity index (χ2n) is 7.90. The maximum atomic E-state index is 12.5. The summed E-state index contributed by atoms with van der Waals surface area (Å²) in [5, 5.41) is 2.71. The van der Waals surface area contributed by atoms with Crippen LogP contribution in [0.3, 0.4) is 0 Å². The zero-order chi connectivity index (χ0) is 21.1. The Labute approximate surface area is 175 Å². The fraction of sp³-hybridized carbons (Fsp3) is 0.455. The molecule has 2 fully saturated rings. The Kier molecular flexibility index (Phi) is 5.83. The van der Waals surface area contributed by atoms with Crippen LogP contribution in [0.2, 0.25) is 0 Å². The van der Waals surface area contributed by atoms with Crippen molar-refractivity contribution in [1.82, 2.24) is 20.1 Å². The predicted molar refractivity (Wildman–Crippen MR) is 109 cm³/mol. The van der Waals surface area contributed by atoms with Crippen LogP contribution in [0, 0.1) is 6.92 Å². The molecule has 158 valence electrons. The molecule has 0 unspecified atom stereocenters. The zero-order valence-electron chi connectivity index (χ0n) is 17.1. The summed E-state index contributed by atoms with van der Waals surface area (Å²) in [6.07, 6.45) is 4.29. The van der Waals surface area contributed by atoms with Gasteiger partial charge in [0.15, 0.2) is 11.7 Å². The van der Waals surface area contributed by atoms with E-state index in [4.69, 9.17) is 4.42 Å². The van der Waals surface area contributed by atoms with E-state index in [1.54, 1.807) is 11.1 Å². The number of piperazine rings is 1. The molecular formula is C22H26N4O4. The van der Waals surface area contributed by atoms with Crippen molar-refractivity contribution < 1.29 is 18.8 Å². The average Bonchev–Trinajstić information content (AvgIpc) is 3.45. The Morgan fingerprint density at radius 3 is 2.40 bits per heavy atom. The van der Waals surface area contributed by atoms with E-state index in [2.05, 4.69) is 10.3 Å². The van der Waals surface area contributed by atoms with Gasteiger partial charge in [-0.25, -0.2) is 4.98 Å². The van der Waals surface area contributed by atoms with Crippen LogP contribution in [-0.2, 0) is 20.8 Å². The maximum Gasteiger partial charge on any atom is 0.312 e. The highest BCUT2D eigenvalue weighted by atomic mass is 16.4. The third kappa shape index (κ3) is 4.87. The van der Waals surface area contributed by atoms with E-state index in [0.717, 1.165) is 18.4 Å². The number of oxazole rings is 1. The lowest BCUT2D eigenvalue weighted by molar-refractivity contribution is -0.148. The summed E-state index contributed by atoms with van der Waals surface area (Å²) >= 11 is 0. The molecule has 1 aliphatic heterocycles. The quantitative estimate of drug-likeness (QED) is 0.755. The molecular weight excluding hydrogens is 384 g/mol. The van der Waals surface area contributed by atoms with Crippen molar-refractivity contribution in [3.05, 3.63) is 41.9 Å². The number of nitrogens with zero attached hydrogens (tertiary/aromatic N) is 3. The molecule has 0 spiro atoms. The molecule has 0 bridgehead atoms. The summed E-state index contributed by atoms with van der Waals surface area (Å²) in [5.41, 5.74) is 2.13. The lowest BCUT2D eigenvalue weighted by Crippen LogP contribution is -2.54. The van der Waals surface area contributed by atoms with Crippen molar-refractivity contribution in [3.8, 4) is 11.3 Å². The Hall–Kier alpha value is -3.16. The van der Waals surface area contributed by atoms with Crippen molar-refractivity contribution in [2.45, 2.75) is 38.6 Å². The van der Waals surface area contributed by atoms with Gasteiger partial charge in [-0.2, -0.15) is 0 Å². The van der Waals surface area contributed by atoms with Crippen LogP contribution in [0.25, 0.3) is 11.3 Å². The third-order valence-electron chi connectivity index (χ3n) is 5.47. The molecule has 30 heavy (non-hydrogen) atoms. The first kappa shape index (κ1) is 20.1. The first-order valence-corrected chi connectivity index (χ1v) is 10.4. The number of aromatic nitrogens is 1. The topological polar surface area (TPSA) is 95.8 Å². The van der Waals surface area contributed by atoms with Crippen LogP contribution in [0.1, 0.15) is 30.7 Å². The van der Waals surface area contributed by atoms with Crippen molar-refractivity contribution in [2.75, 3.05) is 26.2 Å². The Morgan fingerprint density at radius 2 is 1.73 bits per heavy atom. The average molecular weight is 410 g/mol. The van der Waals surface area contributed by atoms with Crippen molar-refractivity contribution in [1.29, 1.82) is 0 Å². The van der Waals surface area contributed by atoms with Gasteiger partial charge < -0.3 is 19.5 Å². The van der Waals surface area contributed by atoms with E-state index >= 15 is 0 Å². The van der Waals surface area contributed by atoms with E-state index in [9.17, 15) is 14.4 Å². The minimum atomic E-state index is -0.537. The smallest absolute Gasteiger partial charge is 0.312 e. The Morgan fingerprint density at radius 1 is 1.07 bits per heavy atom. The molecule has 8 nitrogen and oxygen atoms in total. The first-order chi connectivity index (χ1) is 14.5. The van der Waals surface area contributed by atoms with E-state index in [0.29, 0.717) is 50.7 Å². The summed E-state index contributed by atoms with van der Waals surface area (Å²) < 4.78 is 5.78. The van der Waals surface area contributed by atoms with Crippen molar-refractivity contribution >= 4 is 17.7 Å². The summed E-state index contributed by atoms with van der Waals surface area (Å²) in [6, 6.07) is 8.15. The van der Waals surface area contributed by atoms with Crippen molar-refractivity contribution in [2.24, 2.45) is 0 Å². The van der Waals surface area contributed by atoms with Gasteiger partial charge in [0, 0.05) is 50.6 Å². The summed E-state index contributed by atoms with van der Waals surface area (Å²) in [4.78, 5) is 44.1. The monoisotopic (exact) mass is 410 g/mol. The van der Waals surface area contributed by atoms with Crippen LogP contribution in [0.4, 0.5) is 0 Å². The molecule has 2 aliphatic rings. The van der Waals surface area contributed by atoms with Crippen LogP contribution in [0.15, 0.2) is 34.9 Å². The van der Waals surface area contributed by atoms with Crippen LogP contribution in [0.5, 0.6) is 0 Å². The number of carbonyl (C=O) groups is 3. The summed E-state index contributed by atoms with van der Waals surface area (Å²) in [5.74, 6) is 0.182. The van der Waals surface area contributed by atoms with Gasteiger partial charge in [-0.1, -0.05) is 29.8 Å². The molecule has 2 aromatic rings. The number of rotatable bonds is 5. The second-order valence-corrected chi connectivity index (χ2v) is 7.90. The molecule has 1 N–H and O–H groups in total. The minimum Gasteiger partial charge on any atom is -0.441 e. The summed E-state index contributed by atoms with van der Waals surface area (Å²) in [7, 11) is 0. The normalized spacial score (nSPS) is 16.4. The first-order valence-electron chi connectivity index (χ1n) is 10.4. The van der Waals surface area contributed by atoms with Crippen molar-refractivity contribution in [3.63, 3.8) is 0 Å². The molecule has 0 radical (unpaired) electrons. The fourth-order valence-corrected chi connectivity index (χ4v) is 3.43. The Bertz CT molecular complexity index is 925. The molecule has 8 heteroatoms. The number of carbonyl (C=O) groups excluding carboxylic acids is 3. The molecule has 2 heterocycles. The van der Waals surface area contributed by atoms with Gasteiger partial charge in [0.25, 0.3) is 0 Å². The summed E-state index contributed by atoms with van der Waals surface area (Å²) in [6.45, 7) is 3.64. The number of aryl methyl sites for hydroxylation is 2. The minimum absolute atomic E-state index is 0.000355. The van der Waals surface area contributed by atoms with Gasteiger partial charge in [-0.05, 0) is 19.8 Å². The number of amides is 3. The highest BCUT2D eigenvalue weighted by Gasteiger charge is 2.31. The van der Waals surface area contributed by atoms with Crippen LogP contribution in [-0.4, -0.2) is 64.7 Å². The Balaban J connectivity index is 1.23. The van der Waals surface area contributed by atoms with Gasteiger partial charge in [0.2, 0.25) is 5.91 Å². The van der Waals surface area contributed by atoms with E-state index in [-0.39, 0.29) is 11.9 Å². The number of hydrogen-bond donors (Lipinski definition) is 1. The van der Waals surface area contributed by atoms with Gasteiger partial charge in [0.05, 0.1) is 6.20 Å². The van der Waals surface area contributed by atoms with Gasteiger partial charge in [-0.3, -0.25) is 14.4 Å². The molecule has 1 aromatic heterocycles. The highest BCUT2D eigenvalue weighted by molar-refractivity contribution is 6.35. The highest BCUT2D eigenvalue weighted by Crippen LogP contribution is 2.21. The lowest BCUT2D eigenvalue weighted by atomic mass is 10.1. The molecule has 0 atom stereocenters. The molecule has 3 amide bonds. The molecule has 4 rings (SSSR count). The largest absolute Gasteiger partial charge is 0.441 e. The number of hydrogen-bond acceptors (Lipinski definition) is 5. The lowest BCUT2D eigenvalue weighted by Gasteiger charge is -2.34. The van der Waals surface area contributed by atoms with Gasteiger partial charge in [-0.15, -0.1) is 0 Å². The van der Waals surface area contributed by atoms with Crippen LogP contribution >= 0.6 is 0 Å². The molecule has 1 aliphatic carbocycles. The van der Waals surface area contributed by atoms with E-state index in [1.807, 2.05) is 31.2 Å². The van der Waals surface area contributed by atoms with Gasteiger partial charge in [0.1, 0.15) is 0 Å².